The Bertz CT molecular complexity index is 1410. The topological polar surface area (TPSA) is 92.3 Å². The zero-order valence-electron chi connectivity index (χ0n) is 22.1. The average Bonchev–Trinajstić information content (AvgIpc) is 2.97. The SMILES string of the molecule is COc1cc(OC)cc(C(=O)Nc2ccc(C3C(C(=O)Nc4ccccc4)=C(C)N=C4SCCCN43)cc2)c1. The van der Waals surface area contributed by atoms with Gasteiger partial charge in [0.1, 0.15) is 11.5 Å². The lowest BCUT2D eigenvalue weighted by molar-refractivity contribution is -0.113. The number of para-hydroxylation sites is 1. The number of thioether (sulfide) groups is 1. The van der Waals surface area contributed by atoms with Gasteiger partial charge in [-0.3, -0.25) is 9.59 Å². The lowest BCUT2D eigenvalue weighted by Crippen LogP contribution is -2.43. The molecule has 0 bridgehead atoms. The van der Waals surface area contributed by atoms with Crippen molar-refractivity contribution in [1.29, 1.82) is 0 Å². The molecule has 0 aliphatic carbocycles. The number of aliphatic imine (C=N–C) groups is 1. The number of allylic oxidation sites excluding steroid dienone is 1. The second kappa shape index (κ2) is 11.7. The summed E-state index contributed by atoms with van der Waals surface area (Å²) >= 11 is 1.71. The minimum absolute atomic E-state index is 0.175. The summed E-state index contributed by atoms with van der Waals surface area (Å²) < 4.78 is 10.6. The van der Waals surface area contributed by atoms with Crippen molar-refractivity contribution in [3.63, 3.8) is 0 Å². The van der Waals surface area contributed by atoms with Crippen molar-refractivity contribution >= 4 is 40.1 Å². The third-order valence-electron chi connectivity index (χ3n) is 6.63. The molecule has 0 spiro atoms. The van der Waals surface area contributed by atoms with Crippen molar-refractivity contribution in [3.05, 3.63) is 95.2 Å². The third kappa shape index (κ3) is 5.78. The Morgan fingerprint density at radius 2 is 1.54 bits per heavy atom. The molecule has 3 aromatic rings. The van der Waals surface area contributed by atoms with E-state index in [-0.39, 0.29) is 17.9 Å². The summed E-state index contributed by atoms with van der Waals surface area (Å²) in [6, 6.07) is 21.8. The summed E-state index contributed by atoms with van der Waals surface area (Å²) in [5, 5.41) is 6.91. The number of benzene rings is 3. The minimum Gasteiger partial charge on any atom is -0.497 e. The van der Waals surface area contributed by atoms with Gasteiger partial charge in [0, 0.05) is 35.3 Å². The van der Waals surface area contributed by atoms with Gasteiger partial charge in [-0.1, -0.05) is 42.1 Å². The summed E-state index contributed by atoms with van der Waals surface area (Å²) in [6.07, 6.45) is 1.00. The van der Waals surface area contributed by atoms with Crippen molar-refractivity contribution in [1.82, 2.24) is 4.90 Å². The van der Waals surface area contributed by atoms with Crippen LogP contribution in [0.25, 0.3) is 0 Å². The van der Waals surface area contributed by atoms with E-state index in [9.17, 15) is 9.59 Å². The van der Waals surface area contributed by atoms with E-state index in [2.05, 4.69) is 15.5 Å². The number of hydrogen-bond acceptors (Lipinski definition) is 7. The molecule has 2 N–H and O–H groups in total. The Morgan fingerprint density at radius 3 is 2.21 bits per heavy atom. The number of nitrogens with one attached hydrogen (secondary N) is 2. The summed E-state index contributed by atoms with van der Waals surface area (Å²) in [7, 11) is 3.09. The largest absolute Gasteiger partial charge is 0.497 e. The Balaban J connectivity index is 1.41. The predicted octanol–water partition coefficient (Wildman–Crippen LogP) is 5.72. The van der Waals surface area contributed by atoms with Crippen LogP contribution in [0.4, 0.5) is 11.4 Å². The van der Waals surface area contributed by atoms with E-state index in [0.717, 1.165) is 35.1 Å². The molecule has 0 aromatic heterocycles. The van der Waals surface area contributed by atoms with Crippen molar-refractivity contribution < 1.29 is 19.1 Å². The number of amides is 2. The Morgan fingerprint density at radius 1 is 0.897 bits per heavy atom. The maximum absolute atomic E-state index is 13.6. The van der Waals surface area contributed by atoms with E-state index in [1.807, 2.05) is 61.5 Å². The van der Waals surface area contributed by atoms with Gasteiger partial charge in [0.25, 0.3) is 11.8 Å². The van der Waals surface area contributed by atoms with Crippen molar-refractivity contribution in [2.45, 2.75) is 19.4 Å². The van der Waals surface area contributed by atoms with Gasteiger partial charge in [0.2, 0.25) is 0 Å². The van der Waals surface area contributed by atoms with Crippen LogP contribution < -0.4 is 20.1 Å². The highest BCUT2D eigenvalue weighted by Crippen LogP contribution is 2.40. The Kier molecular flexibility index (Phi) is 7.88. The normalized spacial score (nSPS) is 16.6. The lowest BCUT2D eigenvalue weighted by atomic mass is 9.93. The summed E-state index contributed by atoms with van der Waals surface area (Å²) in [5.41, 5.74) is 4.07. The molecule has 5 rings (SSSR count). The first-order valence-electron chi connectivity index (χ1n) is 12.7. The van der Waals surface area contributed by atoms with Gasteiger partial charge in [-0.25, -0.2) is 4.99 Å². The zero-order valence-corrected chi connectivity index (χ0v) is 22.9. The van der Waals surface area contributed by atoms with E-state index in [1.165, 1.54) is 0 Å². The number of nitrogens with zero attached hydrogens (tertiary/aromatic N) is 2. The van der Waals surface area contributed by atoms with E-state index < -0.39 is 0 Å². The van der Waals surface area contributed by atoms with Crippen LogP contribution in [0.2, 0.25) is 0 Å². The van der Waals surface area contributed by atoms with Gasteiger partial charge >= 0.3 is 0 Å². The smallest absolute Gasteiger partial charge is 0.255 e. The molecule has 8 nitrogen and oxygen atoms in total. The molecule has 0 saturated carbocycles. The van der Waals surface area contributed by atoms with Gasteiger partial charge in [-0.15, -0.1) is 0 Å². The number of carbonyl (C=O) groups excluding carboxylic acids is 2. The van der Waals surface area contributed by atoms with E-state index >= 15 is 0 Å². The molecule has 9 heteroatoms. The van der Waals surface area contributed by atoms with Crippen LogP contribution in [0.1, 0.15) is 35.3 Å². The van der Waals surface area contributed by atoms with Gasteiger partial charge in [0.05, 0.1) is 31.5 Å². The molecular weight excluding hydrogens is 512 g/mol. The molecule has 2 amide bonds. The zero-order chi connectivity index (χ0) is 27.4. The molecule has 39 heavy (non-hydrogen) atoms. The van der Waals surface area contributed by atoms with Crippen LogP contribution in [0.15, 0.2) is 89.1 Å². The minimum atomic E-state index is -0.290. The van der Waals surface area contributed by atoms with Crippen LogP contribution in [0.5, 0.6) is 11.5 Å². The van der Waals surface area contributed by atoms with Crippen LogP contribution in [0.3, 0.4) is 0 Å². The Labute approximate surface area is 232 Å². The van der Waals surface area contributed by atoms with Crippen LogP contribution in [-0.4, -0.2) is 48.4 Å². The number of fused-ring (bicyclic) bond motifs is 1. The highest BCUT2D eigenvalue weighted by atomic mass is 32.2. The first kappa shape index (κ1) is 26.4. The Hall–Kier alpha value is -4.24. The first-order chi connectivity index (χ1) is 19.0. The summed E-state index contributed by atoms with van der Waals surface area (Å²) in [5.74, 6) is 1.62. The molecular formula is C30H30N4O4S. The molecule has 2 aliphatic heterocycles. The number of amidine groups is 1. The van der Waals surface area contributed by atoms with Crippen LogP contribution >= 0.6 is 11.8 Å². The van der Waals surface area contributed by atoms with Crippen molar-refractivity contribution in [2.75, 3.05) is 37.2 Å². The number of anilines is 2. The molecule has 1 saturated heterocycles. The van der Waals surface area contributed by atoms with E-state index in [0.29, 0.717) is 34.0 Å². The quantitative estimate of drug-likeness (QED) is 0.397. The second-order valence-corrected chi connectivity index (χ2v) is 10.3. The van der Waals surface area contributed by atoms with Gasteiger partial charge < -0.3 is 25.0 Å². The molecule has 2 heterocycles. The number of ether oxygens (including phenoxy) is 2. The number of methoxy groups -OCH3 is 2. The first-order valence-corrected chi connectivity index (χ1v) is 13.6. The van der Waals surface area contributed by atoms with Crippen LogP contribution in [-0.2, 0) is 4.79 Å². The maximum atomic E-state index is 13.6. The lowest BCUT2D eigenvalue weighted by Gasteiger charge is -2.40. The molecule has 200 valence electrons. The van der Waals surface area contributed by atoms with Gasteiger partial charge in [-0.05, 0) is 55.3 Å². The van der Waals surface area contributed by atoms with Gasteiger partial charge in [-0.2, -0.15) is 0 Å². The number of rotatable bonds is 7. The average molecular weight is 543 g/mol. The standard InChI is InChI=1S/C30H30N4O4S/c1-19-26(29(36)33-22-8-5-4-6-9-22)27(34-14-7-15-39-30(34)31-19)20-10-12-23(13-11-20)32-28(35)21-16-24(37-2)18-25(17-21)38-3/h4-6,8-13,16-18,27H,7,14-15H2,1-3H3,(H,32,35)(H,33,36). The van der Waals surface area contributed by atoms with E-state index in [4.69, 9.17) is 14.5 Å². The summed E-state index contributed by atoms with van der Waals surface area (Å²) in [6.45, 7) is 2.70. The third-order valence-corrected chi connectivity index (χ3v) is 7.71. The molecule has 2 aliphatic rings. The van der Waals surface area contributed by atoms with Crippen LogP contribution in [0, 0.1) is 0 Å². The fourth-order valence-electron chi connectivity index (χ4n) is 4.72. The number of hydrogen-bond donors (Lipinski definition) is 2. The van der Waals surface area contributed by atoms with Gasteiger partial charge in [0.15, 0.2) is 5.17 Å². The number of carbonyl (C=O) groups is 2. The maximum Gasteiger partial charge on any atom is 0.255 e. The molecule has 0 radical (unpaired) electrons. The predicted molar refractivity (Wildman–Crippen MR) is 156 cm³/mol. The van der Waals surface area contributed by atoms with E-state index in [1.54, 1.807) is 44.2 Å². The molecule has 1 atom stereocenters. The highest BCUT2D eigenvalue weighted by Gasteiger charge is 2.37. The van der Waals surface area contributed by atoms with Crippen molar-refractivity contribution in [2.24, 2.45) is 4.99 Å². The second-order valence-electron chi connectivity index (χ2n) is 9.19. The molecule has 3 aromatic carbocycles. The summed E-state index contributed by atoms with van der Waals surface area (Å²) in [4.78, 5) is 33.5. The fraction of sp³-hybridized carbons (Fsp3) is 0.233. The monoisotopic (exact) mass is 542 g/mol. The molecule has 1 fully saturated rings. The molecule has 1 unspecified atom stereocenters. The van der Waals surface area contributed by atoms with Crippen molar-refractivity contribution in [3.8, 4) is 11.5 Å². The highest BCUT2D eigenvalue weighted by molar-refractivity contribution is 8.13. The fourth-order valence-corrected chi connectivity index (χ4v) is 5.74.